The maximum atomic E-state index is 6.44. The van der Waals surface area contributed by atoms with Crippen molar-refractivity contribution in [2.45, 2.75) is 0 Å². The minimum Gasteiger partial charge on any atom is -0.456 e. The van der Waals surface area contributed by atoms with Crippen LogP contribution >= 0.6 is 0 Å². The first-order valence-electron chi connectivity index (χ1n) is 18.4. The number of para-hydroxylation sites is 2. The number of hydrogen-bond acceptors (Lipinski definition) is 2. The molecule has 0 radical (unpaired) electrons. The maximum absolute atomic E-state index is 6.44. The van der Waals surface area contributed by atoms with Gasteiger partial charge in [-0.1, -0.05) is 170 Å². The molecule has 0 fully saturated rings. The first-order chi connectivity index (χ1) is 26.8. The van der Waals surface area contributed by atoms with E-state index < -0.39 is 0 Å². The normalized spacial score (nSPS) is 11.3. The van der Waals surface area contributed by atoms with Gasteiger partial charge in [-0.25, -0.2) is 0 Å². The first kappa shape index (κ1) is 31.6. The highest BCUT2D eigenvalue weighted by atomic mass is 16.3. The molecule has 0 aliphatic carbocycles. The number of furan rings is 1. The van der Waals surface area contributed by atoms with Crippen molar-refractivity contribution in [3.05, 3.63) is 212 Å². The number of hydrogen-bond donors (Lipinski definition) is 0. The standard InChI is InChI=1S/C52H35NO/c1-3-13-36(14-4-1)37-25-27-38(28-26-37)39-29-31-42(32-30-39)53(43-33-34-47-46-20-8-10-24-50(46)54-51(47)35-43)49-23-9-7-19-45(49)48-22-12-18-41-17-11-21-44(52(41)48)40-15-5-2-6-16-40/h1-35H. The second kappa shape index (κ2) is 13.4. The summed E-state index contributed by atoms with van der Waals surface area (Å²) in [6.45, 7) is 0. The van der Waals surface area contributed by atoms with E-state index >= 15 is 0 Å². The highest BCUT2D eigenvalue weighted by Gasteiger charge is 2.21. The zero-order valence-electron chi connectivity index (χ0n) is 29.6. The molecule has 0 bridgehead atoms. The molecule has 0 spiro atoms. The topological polar surface area (TPSA) is 16.4 Å². The van der Waals surface area contributed by atoms with Crippen LogP contribution in [0.1, 0.15) is 0 Å². The van der Waals surface area contributed by atoms with E-state index in [2.05, 4.69) is 205 Å². The lowest BCUT2D eigenvalue weighted by Crippen LogP contribution is -2.11. The number of nitrogens with zero attached hydrogens (tertiary/aromatic N) is 1. The molecule has 54 heavy (non-hydrogen) atoms. The van der Waals surface area contributed by atoms with Crippen LogP contribution in [0.4, 0.5) is 17.1 Å². The van der Waals surface area contributed by atoms with Crippen molar-refractivity contribution in [1.82, 2.24) is 0 Å². The number of rotatable bonds is 7. The Morgan fingerprint density at radius 2 is 0.833 bits per heavy atom. The average molecular weight is 690 g/mol. The van der Waals surface area contributed by atoms with Crippen molar-refractivity contribution in [1.29, 1.82) is 0 Å². The van der Waals surface area contributed by atoms with E-state index in [1.54, 1.807) is 0 Å². The molecule has 0 amide bonds. The molecule has 1 heterocycles. The van der Waals surface area contributed by atoms with Crippen LogP contribution in [0.2, 0.25) is 0 Å². The molecule has 0 unspecified atom stereocenters. The number of benzene rings is 9. The van der Waals surface area contributed by atoms with Gasteiger partial charge < -0.3 is 9.32 Å². The third kappa shape index (κ3) is 5.62. The second-order valence-corrected chi connectivity index (χ2v) is 13.7. The summed E-state index contributed by atoms with van der Waals surface area (Å²) in [6.07, 6.45) is 0. The molecule has 0 saturated heterocycles. The van der Waals surface area contributed by atoms with Crippen LogP contribution in [-0.2, 0) is 0 Å². The predicted octanol–water partition coefficient (Wildman–Crippen LogP) is 14.9. The lowest BCUT2D eigenvalue weighted by molar-refractivity contribution is 0.669. The molecule has 0 saturated carbocycles. The third-order valence-corrected chi connectivity index (χ3v) is 10.5. The Kier molecular flexibility index (Phi) is 7.85. The summed E-state index contributed by atoms with van der Waals surface area (Å²) >= 11 is 0. The highest BCUT2D eigenvalue weighted by Crippen LogP contribution is 2.46. The van der Waals surface area contributed by atoms with Gasteiger partial charge in [-0.2, -0.15) is 0 Å². The summed E-state index contributed by atoms with van der Waals surface area (Å²) in [6, 6.07) is 75.9. The van der Waals surface area contributed by atoms with Gasteiger partial charge in [0.2, 0.25) is 0 Å². The molecule has 0 atom stereocenters. The van der Waals surface area contributed by atoms with E-state index in [9.17, 15) is 0 Å². The van der Waals surface area contributed by atoms with E-state index in [0.29, 0.717) is 0 Å². The smallest absolute Gasteiger partial charge is 0.137 e. The van der Waals surface area contributed by atoms with Gasteiger partial charge in [-0.05, 0) is 86.1 Å². The molecule has 10 rings (SSSR count). The van der Waals surface area contributed by atoms with Crippen LogP contribution in [0, 0.1) is 0 Å². The van der Waals surface area contributed by atoms with Gasteiger partial charge >= 0.3 is 0 Å². The van der Waals surface area contributed by atoms with Crippen molar-refractivity contribution in [2.24, 2.45) is 0 Å². The molecule has 2 nitrogen and oxygen atoms in total. The zero-order valence-corrected chi connectivity index (χ0v) is 29.6. The lowest BCUT2D eigenvalue weighted by atomic mass is 9.90. The summed E-state index contributed by atoms with van der Waals surface area (Å²) in [5.41, 5.74) is 14.5. The zero-order chi connectivity index (χ0) is 35.8. The maximum Gasteiger partial charge on any atom is 0.137 e. The van der Waals surface area contributed by atoms with Crippen LogP contribution in [-0.4, -0.2) is 0 Å². The van der Waals surface area contributed by atoms with E-state index in [1.807, 2.05) is 12.1 Å². The molecule has 0 aliphatic heterocycles. The van der Waals surface area contributed by atoms with E-state index in [4.69, 9.17) is 4.42 Å². The molecule has 10 aromatic rings. The Labute approximate surface area is 314 Å². The Bertz CT molecular complexity index is 2900. The molecule has 0 aliphatic rings. The molecule has 9 aromatic carbocycles. The molecule has 0 N–H and O–H groups in total. The summed E-state index contributed by atoms with van der Waals surface area (Å²) in [5.74, 6) is 0. The summed E-state index contributed by atoms with van der Waals surface area (Å²) in [7, 11) is 0. The van der Waals surface area contributed by atoms with Gasteiger partial charge in [-0.15, -0.1) is 0 Å². The molecular weight excluding hydrogens is 655 g/mol. The van der Waals surface area contributed by atoms with Crippen molar-refractivity contribution in [2.75, 3.05) is 4.90 Å². The van der Waals surface area contributed by atoms with Gasteiger partial charge in [-0.3, -0.25) is 0 Å². The van der Waals surface area contributed by atoms with Crippen LogP contribution in [0.15, 0.2) is 217 Å². The Balaban J connectivity index is 1.14. The van der Waals surface area contributed by atoms with E-state index in [-0.39, 0.29) is 0 Å². The molecule has 1 aromatic heterocycles. The van der Waals surface area contributed by atoms with Gasteiger partial charge in [0, 0.05) is 33.8 Å². The van der Waals surface area contributed by atoms with Crippen molar-refractivity contribution >= 4 is 49.8 Å². The van der Waals surface area contributed by atoms with Crippen LogP contribution in [0.3, 0.4) is 0 Å². The Hall–Kier alpha value is -7.16. The minimum atomic E-state index is 0.864. The molecule has 254 valence electrons. The predicted molar refractivity (Wildman–Crippen MR) is 228 cm³/mol. The quantitative estimate of drug-likeness (QED) is 0.166. The van der Waals surface area contributed by atoms with Crippen LogP contribution < -0.4 is 4.90 Å². The fraction of sp³-hybridized carbons (Fsp3) is 0. The Morgan fingerprint density at radius 3 is 1.56 bits per heavy atom. The lowest BCUT2D eigenvalue weighted by Gasteiger charge is -2.28. The summed E-state index contributed by atoms with van der Waals surface area (Å²) in [5, 5.41) is 4.68. The number of anilines is 3. The van der Waals surface area contributed by atoms with Crippen molar-refractivity contribution in [3.8, 4) is 44.5 Å². The third-order valence-electron chi connectivity index (χ3n) is 10.5. The number of fused-ring (bicyclic) bond motifs is 4. The Morgan fingerprint density at radius 1 is 0.315 bits per heavy atom. The summed E-state index contributed by atoms with van der Waals surface area (Å²) < 4.78 is 6.44. The molecule has 2 heteroatoms. The van der Waals surface area contributed by atoms with Gasteiger partial charge in [0.25, 0.3) is 0 Å². The fourth-order valence-electron chi connectivity index (χ4n) is 7.89. The average Bonchev–Trinajstić information content (AvgIpc) is 3.62. The van der Waals surface area contributed by atoms with E-state index in [1.165, 1.54) is 49.7 Å². The second-order valence-electron chi connectivity index (χ2n) is 13.7. The SMILES string of the molecule is c1ccc(-c2ccc(-c3ccc(N(c4ccc5c(c4)oc4ccccc45)c4ccccc4-c4cccc5cccc(-c6ccccc6)c45)cc3)cc2)cc1. The van der Waals surface area contributed by atoms with Crippen molar-refractivity contribution in [3.63, 3.8) is 0 Å². The highest BCUT2D eigenvalue weighted by molar-refractivity contribution is 6.10. The summed E-state index contributed by atoms with van der Waals surface area (Å²) in [4.78, 5) is 2.37. The van der Waals surface area contributed by atoms with Gasteiger partial charge in [0.1, 0.15) is 11.2 Å². The van der Waals surface area contributed by atoms with Gasteiger partial charge in [0.15, 0.2) is 0 Å². The van der Waals surface area contributed by atoms with Crippen LogP contribution in [0.5, 0.6) is 0 Å². The fourth-order valence-corrected chi connectivity index (χ4v) is 7.89. The largest absolute Gasteiger partial charge is 0.456 e. The molecular formula is C52H35NO. The van der Waals surface area contributed by atoms with Crippen LogP contribution in [0.25, 0.3) is 77.2 Å². The minimum absolute atomic E-state index is 0.864. The van der Waals surface area contributed by atoms with Gasteiger partial charge in [0.05, 0.1) is 5.69 Å². The van der Waals surface area contributed by atoms with E-state index in [0.717, 1.165) is 44.6 Å². The van der Waals surface area contributed by atoms with Crippen molar-refractivity contribution < 1.29 is 4.42 Å². The first-order valence-corrected chi connectivity index (χ1v) is 18.4. The monoisotopic (exact) mass is 689 g/mol.